The summed E-state index contributed by atoms with van der Waals surface area (Å²) in [5, 5.41) is 3.30. The van der Waals surface area contributed by atoms with Crippen LogP contribution in [0.4, 0.5) is 26.3 Å². The number of alkyl halides is 6. The number of fused-ring (bicyclic) bond motifs is 1. The van der Waals surface area contributed by atoms with Crippen LogP contribution in [0.3, 0.4) is 0 Å². The summed E-state index contributed by atoms with van der Waals surface area (Å²) in [6, 6.07) is 14.2. The Morgan fingerprint density at radius 3 is 2.03 bits per heavy atom. The van der Waals surface area contributed by atoms with Gasteiger partial charge in [-0.3, -0.25) is 9.59 Å². The highest BCUT2D eigenvalue weighted by Gasteiger charge is 2.37. The maximum atomic E-state index is 13.3. The zero-order valence-corrected chi connectivity index (χ0v) is 19.7. The van der Waals surface area contributed by atoms with E-state index in [1.165, 1.54) is 25.2 Å². The molecule has 4 nitrogen and oxygen atoms in total. The Bertz CT molecular complexity index is 1530. The summed E-state index contributed by atoms with van der Waals surface area (Å²) in [6.07, 6.45) is -10.1. The highest BCUT2D eigenvalue weighted by atomic mass is 35.5. The Kier molecular flexibility index (Phi) is 6.81. The molecule has 0 aliphatic rings. The highest BCUT2D eigenvalue weighted by molar-refractivity contribution is 6.31. The molecule has 1 N–H and O–H groups in total. The number of nitrogens with one attached hydrogen (secondary N) is 1. The lowest BCUT2D eigenvalue weighted by Crippen LogP contribution is -2.32. The molecule has 0 spiro atoms. The van der Waals surface area contributed by atoms with E-state index in [-0.39, 0.29) is 17.1 Å². The normalized spacial score (nSPS) is 12.1. The van der Waals surface area contributed by atoms with Gasteiger partial charge in [0, 0.05) is 29.6 Å². The predicted octanol–water partition coefficient (Wildman–Crippen LogP) is 6.83. The minimum atomic E-state index is -5.03. The number of carbonyl (C=O) groups is 1. The summed E-state index contributed by atoms with van der Waals surface area (Å²) in [5.74, 6) is -0.869. The van der Waals surface area contributed by atoms with E-state index in [9.17, 15) is 35.9 Å². The SMILES string of the molecule is Cn1c(C(=O)NCc2cc(C(F)(F)F)cc(C(F)(F)F)c2)c(-c2ccccc2)c2cc(Cl)ccc2c1=O. The summed E-state index contributed by atoms with van der Waals surface area (Å²) in [6.45, 7) is -0.651. The van der Waals surface area contributed by atoms with Gasteiger partial charge < -0.3 is 9.88 Å². The smallest absolute Gasteiger partial charge is 0.347 e. The lowest BCUT2D eigenvalue weighted by Gasteiger charge is -2.18. The van der Waals surface area contributed by atoms with Crippen molar-refractivity contribution in [1.29, 1.82) is 0 Å². The van der Waals surface area contributed by atoms with Crippen LogP contribution in [0.25, 0.3) is 21.9 Å². The van der Waals surface area contributed by atoms with Crippen molar-refractivity contribution in [3.63, 3.8) is 0 Å². The van der Waals surface area contributed by atoms with Crippen molar-refractivity contribution >= 4 is 28.3 Å². The van der Waals surface area contributed by atoms with Crippen molar-refractivity contribution in [3.05, 3.63) is 104 Å². The molecule has 0 aliphatic carbocycles. The first-order valence-corrected chi connectivity index (χ1v) is 11.1. The van der Waals surface area contributed by atoms with Gasteiger partial charge in [0.25, 0.3) is 11.5 Å². The number of carbonyl (C=O) groups excluding carboxylic acids is 1. The van der Waals surface area contributed by atoms with E-state index >= 15 is 0 Å². The van der Waals surface area contributed by atoms with Gasteiger partial charge in [0.05, 0.1) is 11.1 Å². The minimum Gasteiger partial charge on any atom is -0.347 e. The van der Waals surface area contributed by atoms with Gasteiger partial charge in [-0.05, 0) is 52.9 Å². The molecular formula is C26H17ClF6N2O2. The lowest BCUT2D eigenvalue weighted by atomic mass is 9.96. The van der Waals surface area contributed by atoms with Crippen LogP contribution in [0, 0.1) is 0 Å². The molecule has 1 aromatic heterocycles. The fourth-order valence-corrected chi connectivity index (χ4v) is 4.21. The fourth-order valence-electron chi connectivity index (χ4n) is 4.04. The summed E-state index contributed by atoms with van der Waals surface area (Å²) in [5.41, 5.74) is -3.19. The highest BCUT2D eigenvalue weighted by Crippen LogP contribution is 2.36. The zero-order valence-electron chi connectivity index (χ0n) is 19.0. The van der Waals surface area contributed by atoms with E-state index in [1.807, 2.05) is 0 Å². The molecule has 1 amide bonds. The van der Waals surface area contributed by atoms with E-state index in [0.29, 0.717) is 33.7 Å². The first-order valence-electron chi connectivity index (χ1n) is 10.7. The molecule has 1 heterocycles. The molecule has 37 heavy (non-hydrogen) atoms. The van der Waals surface area contributed by atoms with E-state index in [1.54, 1.807) is 30.3 Å². The van der Waals surface area contributed by atoms with Crippen LogP contribution in [0.1, 0.15) is 27.2 Å². The number of amides is 1. The summed E-state index contributed by atoms with van der Waals surface area (Å²) in [4.78, 5) is 26.4. The second kappa shape index (κ2) is 9.59. The number of nitrogens with zero attached hydrogens (tertiary/aromatic N) is 1. The van der Waals surface area contributed by atoms with E-state index in [2.05, 4.69) is 5.32 Å². The van der Waals surface area contributed by atoms with Gasteiger partial charge in [0.2, 0.25) is 0 Å². The summed E-state index contributed by atoms with van der Waals surface area (Å²) in [7, 11) is 1.35. The molecule has 0 bridgehead atoms. The van der Waals surface area contributed by atoms with Gasteiger partial charge in [-0.2, -0.15) is 26.3 Å². The lowest BCUT2D eigenvalue weighted by molar-refractivity contribution is -0.143. The van der Waals surface area contributed by atoms with Crippen LogP contribution >= 0.6 is 11.6 Å². The van der Waals surface area contributed by atoms with Crippen molar-refractivity contribution in [1.82, 2.24) is 9.88 Å². The van der Waals surface area contributed by atoms with E-state index in [0.717, 1.165) is 4.57 Å². The molecule has 3 aromatic carbocycles. The first kappa shape index (κ1) is 26.3. The van der Waals surface area contributed by atoms with Gasteiger partial charge in [-0.1, -0.05) is 41.9 Å². The molecule has 0 fully saturated rings. The number of halogens is 7. The van der Waals surface area contributed by atoms with Crippen molar-refractivity contribution in [2.75, 3.05) is 0 Å². The largest absolute Gasteiger partial charge is 0.416 e. The molecule has 192 valence electrons. The molecule has 0 aliphatic heterocycles. The van der Waals surface area contributed by atoms with Crippen LogP contribution < -0.4 is 10.9 Å². The van der Waals surface area contributed by atoms with Gasteiger partial charge in [-0.15, -0.1) is 0 Å². The third kappa shape index (κ3) is 5.34. The Labute approximate surface area is 211 Å². The number of benzene rings is 3. The number of rotatable bonds is 4. The van der Waals surface area contributed by atoms with Crippen LogP contribution in [0.5, 0.6) is 0 Å². The Morgan fingerprint density at radius 1 is 0.865 bits per heavy atom. The molecule has 4 rings (SSSR count). The average molecular weight is 539 g/mol. The third-order valence-electron chi connectivity index (χ3n) is 5.74. The summed E-state index contributed by atoms with van der Waals surface area (Å²) < 4.78 is 80.4. The number of hydrogen-bond acceptors (Lipinski definition) is 2. The van der Waals surface area contributed by atoms with Gasteiger partial charge in [0.1, 0.15) is 5.69 Å². The number of pyridine rings is 1. The van der Waals surface area contributed by atoms with Crippen LogP contribution in [-0.4, -0.2) is 10.5 Å². The molecule has 0 saturated carbocycles. The fraction of sp³-hybridized carbons (Fsp3) is 0.154. The monoisotopic (exact) mass is 538 g/mol. The molecule has 0 saturated heterocycles. The standard InChI is InChI=1S/C26H17ClF6N2O2/c1-35-22(21(15-5-3-2-4-6-15)20-12-18(27)7-8-19(20)24(35)37)23(36)34-13-14-9-16(25(28,29)30)11-17(10-14)26(31,32)33/h2-12H,13H2,1H3,(H,34,36). The molecular weight excluding hydrogens is 522 g/mol. The molecule has 0 atom stereocenters. The number of hydrogen-bond donors (Lipinski definition) is 1. The van der Waals surface area contributed by atoms with Gasteiger partial charge in [0.15, 0.2) is 0 Å². The number of aromatic nitrogens is 1. The van der Waals surface area contributed by atoms with Crippen molar-refractivity contribution in [2.45, 2.75) is 18.9 Å². The predicted molar refractivity (Wildman–Crippen MR) is 127 cm³/mol. The minimum absolute atomic E-state index is 0.00953. The first-order chi connectivity index (χ1) is 17.3. The van der Waals surface area contributed by atoms with Crippen molar-refractivity contribution in [2.24, 2.45) is 7.05 Å². The maximum Gasteiger partial charge on any atom is 0.416 e. The molecule has 4 aromatic rings. The van der Waals surface area contributed by atoms with Gasteiger partial charge >= 0.3 is 12.4 Å². The average Bonchev–Trinajstić information content (AvgIpc) is 2.83. The van der Waals surface area contributed by atoms with Crippen molar-refractivity contribution < 1.29 is 31.1 Å². The van der Waals surface area contributed by atoms with Crippen LogP contribution in [0.2, 0.25) is 5.02 Å². The Balaban J connectivity index is 1.82. The Hall–Kier alpha value is -3.79. The molecule has 0 radical (unpaired) electrons. The van der Waals surface area contributed by atoms with E-state index in [4.69, 9.17) is 11.6 Å². The second-order valence-electron chi connectivity index (χ2n) is 8.24. The topological polar surface area (TPSA) is 51.1 Å². The Morgan fingerprint density at radius 2 is 1.46 bits per heavy atom. The summed E-state index contributed by atoms with van der Waals surface area (Å²) >= 11 is 6.15. The van der Waals surface area contributed by atoms with Crippen LogP contribution in [0.15, 0.2) is 71.5 Å². The zero-order chi connectivity index (χ0) is 27.1. The van der Waals surface area contributed by atoms with Crippen LogP contribution in [-0.2, 0) is 25.9 Å². The van der Waals surface area contributed by atoms with Crippen molar-refractivity contribution in [3.8, 4) is 11.1 Å². The molecule has 0 unspecified atom stereocenters. The maximum absolute atomic E-state index is 13.3. The molecule has 11 heteroatoms. The van der Waals surface area contributed by atoms with Gasteiger partial charge in [-0.25, -0.2) is 0 Å². The van der Waals surface area contributed by atoms with E-state index < -0.39 is 47.1 Å². The second-order valence-corrected chi connectivity index (χ2v) is 8.68. The quantitative estimate of drug-likeness (QED) is 0.290. The third-order valence-corrected chi connectivity index (χ3v) is 5.97.